The Hall–Kier alpha value is -1.53. The molecule has 1 aromatic rings. The number of halogens is 3. The number of hydrogen-bond donors (Lipinski definition) is 2. The highest BCUT2D eigenvalue weighted by atomic mass is 19.4. The van der Waals surface area contributed by atoms with Crippen molar-refractivity contribution in [2.45, 2.75) is 45.2 Å². The Morgan fingerprint density at radius 3 is 2.52 bits per heavy atom. The molecule has 0 amide bonds. The van der Waals surface area contributed by atoms with E-state index in [0.717, 1.165) is 12.5 Å². The molecule has 0 atom stereocenters. The summed E-state index contributed by atoms with van der Waals surface area (Å²) in [6.45, 7) is 2.91. The SMILES string of the molecule is CCNc1nc(NCCC2CCCC2)cc(C(F)(F)F)n1. The molecule has 1 aliphatic carbocycles. The van der Waals surface area contributed by atoms with Crippen molar-refractivity contribution in [3.63, 3.8) is 0 Å². The zero-order valence-electron chi connectivity index (χ0n) is 12.1. The molecule has 1 aliphatic rings. The molecule has 0 saturated heterocycles. The molecule has 0 aromatic carbocycles. The normalized spacial score (nSPS) is 16.2. The van der Waals surface area contributed by atoms with Crippen LogP contribution in [0.2, 0.25) is 0 Å². The molecular weight excluding hydrogens is 281 g/mol. The van der Waals surface area contributed by atoms with Crippen LogP contribution in [-0.2, 0) is 6.18 Å². The second-order valence-corrected chi connectivity index (χ2v) is 5.36. The van der Waals surface area contributed by atoms with Crippen LogP contribution in [0.15, 0.2) is 6.07 Å². The zero-order valence-corrected chi connectivity index (χ0v) is 12.1. The van der Waals surface area contributed by atoms with Crippen molar-refractivity contribution in [3.05, 3.63) is 11.8 Å². The van der Waals surface area contributed by atoms with Gasteiger partial charge in [0.15, 0.2) is 5.69 Å². The summed E-state index contributed by atoms with van der Waals surface area (Å²) in [6.07, 6.45) is 1.49. The third-order valence-corrected chi connectivity index (χ3v) is 3.68. The van der Waals surface area contributed by atoms with Gasteiger partial charge in [0.1, 0.15) is 5.82 Å². The maximum absolute atomic E-state index is 12.8. The van der Waals surface area contributed by atoms with E-state index in [4.69, 9.17) is 0 Å². The Bertz CT molecular complexity index is 456. The van der Waals surface area contributed by atoms with Crippen molar-refractivity contribution < 1.29 is 13.2 Å². The highest BCUT2D eigenvalue weighted by Crippen LogP contribution is 2.30. The average molecular weight is 302 g/mol. The van der Waals surface area contributed by atoms with Gasteiger partial charge in [-0.05, 0) is 19.3 Å². The summed E-state index contributed by atoms with van der Waals surface area (Å²) in [6, 6.07) is 0.968. The van der Waals surface area contributed by atoms with E-state index < -0.39 is 11.9 Å². The van der Waals surface area contributed by atoms with Gasteiger partial charge in [-0.25, -0.2) is 4.98 Å². The molecule has 2 rings (SSSR count). The van der Waals surface area contributed by atoms with Crippen LogP contribution in [0.5, 0.6) is 0 Å². The molecule has 118 valence electrons. The first-order valence-electron chi connectivity index (χ1n) is 7.43. The number of hydrogen-bond acceptors (Lipinski definition) is 4. The van der Waals surface area contributed by atoms with Crippen LogP contribution in [0, 0.1) is 5.92 Å². The highest BCUT2D eigenvalue weighted by Gasteiger charge is 2.33. The molecule has 0 spiro atoms. The molecule has 4 nitrogen and oxygen atoms in total. The molecule has 21 heavy (non-hydrogen) atoms. The number of nitrogens with zero attached hydrogens (tertiary/aromatic N) is 2. The van der Waals surface area contributed by atoms with Gasteiger partial charge in [0, 0.05) is 19.2 Å². The summed E-state index contributed by atoms with van der Waals surface area (Å²) in [7, 11) is 0. The van der Waals surface area contributed by atoms with Crippen molar-refractivity contribution in [1.29, 1.82) is 0 Å². The molecule has 1 aromatic heterocycles. The molecule has 0 aliphatic heterocycles. The van der Waals surface area contributed by atoms with Gasteiger partial charge in [0.2, 0.25) is 5.95 Å². The summed E-state index contributed by atoms with van der Waals surface area (Å²) < 4.78 is 38.4. The average Bonchev–Trinajstić information content (AvgIpc) is 2.91. The van der Waals surface area contributed by atoms with E-state index in [1.807, 2.05) is 0 Å². The van der Waals surface area contributed by atoms with Gasteiger partial charge in [-0.2, -0.15) is 18.2 Å². The molecule has 1 heterocycles. The van der Waals surface area contributed by atoms with Gasteiger partial charge in [-0.15, -0.1) is 0 Å². The first-order valence-corrected chi connectivity index (χ1v) is 7.43. The van der Waals surface area contributed by atoms with E-state index in [0.29, 0.717) is 19.0 Å². The third-order valence-electron chi connectivity index (χ3n) is 3.68. The lowest BCUT2D eigenvalue weighted by Gasteiger charge is -2.13. The molecule has 2 N–H and O–H groups in total. The van der Waals surface area contributed by atoms with Gasteiger partial charge in [-0.3, -0.25) is 0 Å². The van der Waals surface area contributed by atoms with E-state index in [-0.39, 0.29) is 11.8 Å². The van der Waals surface area contributed by atoms with Gasteiger partial charge < -0.3 is 10.6 Å². The number of nitrogens with one attached hydrogen (secondary N) is 2. The molecular formula is C14H21F3N4. The molecule has 1 saturated carbocycles. The molecule has 0 radical (unpaired) electrons. The maximum Gasteiger partial charge on any atom is 0.433 e. The molecule has 0 unspecified atom stereocenters. The Labute approximate surface area is 122 Å². The minimum Gasteiger partial charge on any atom is -0.370 e. The van der Waals surface area contributed by atoms with Crippen LogP contribution >= 0.6 is 0 Å². The lowest BCUT2D eigenvalue weighted by Crippen LogP contribution is -2.15. The maximum atomic E-state index is 12.8. The van der Waals surface area contributed by atoms with Gasteiger partial charge in [0.05, 0.1) is 0 Å². The number of anilines is 2. The van der Waals surface area contributed by atoms with Crippen LogP contribution in [0.1, 0.15) is 44.7 Å². The Morgan fingerprint density at radius 2 is 1.90 bits per heavy atom. The lowest BCUT2D eigenvalue weighted by molar-refractivity contribution is -0.141. The zero-order chi connectivity index (χ0) is 15.3. The predicted molar refractivity (Wildman–Crippen MR) is 76.3 cm³/mol. The molecule has 0 bridgehead atoms. The van der Waals surface area contributed by atoms with Crippen molar-refractivity contribution in [3.8, 4) is 0 Å². The topological polar surface area (TPSA) is 49.8 Å². The van der Waals surface area contributed by atoms with E-state index in [2.05, 4.69) is 20.6 Å². The first kappa shape index (κ1) is 15.9. The number of alkyl halides is 3. The third kappa shape index (κ3) is 4.75. The first-order chi connectivity index (χ1) is 9.99. The fourth-order valence-corrected chi connectivity index (χ4v) is 2.62. The molecule has 7 heteroatoms. The van der Waals surface area contributed by atoms with E-state index in [1.165, 1.54) is 25.7 Å². The van der Waals surface area contributed by atoms with Crippen LogP contribution in [-0.4, -0.2) is 23.1 Å². The van der Waals surface area contributed by atoms with Gasteiger partial charge in [0.25, 0.3) is 0 Å². The Balaban J connectivity index is 2.00. The van der Waals surface area contributed by atoms with Crippen LogP contribution in [0.3, 0.4) is 0 Å². The summed E-state index contributed by atoms with van der Waals surface area (Å²) >= 11 is 0. The Kier molecular flexibility index (Phi) is 5.25. The lowest BCUT2D eigenvalue weighted by atomic mass is 10.0. The van der Waals surface area contributed by atoms with Crippen LogP contribution < -0.4 is 10.6 Å². The standard InChI is InChI=1S/C14H21F3N4/c1-2-18-13-20-11(14(15,16)17)9-12(21-13)19-8-7-10-5-3-4-6-10/h9-10H,2-8H2,1H3,(H2,18,19,20,21). The molecule has 1 fully saturated rings. The van der Waals surface area contributed by atoms with E-state index in [9.17, 15) is 13.2 Å². The largest absolute Gasteiger partial charge is 0.433 e. The second-order valence-electron chi connectivity index (χ2n) is 5.36. The quantitative estimate of drug-likeness (QED) is 0.836. The van der Waals surface area contributed by atoms with Crippen molar-refractivity contribution in [2.75, 3.05) is 23.7 Å². The number of aromatic nitrogens is 2. The fourth-order valence-electron chi connectivity index (χ4n) is 2.62. The Morgan fingerprint density at radius 1 is 1.19 bits per heavy atom. The second kappa shape index (κ2) is 6.95. The predicted octanol–water partition coefficient (Wildman–Crippen LogP) is 3.92. The van der Waals surface area contributed by atoms with Gasteiger partial charge in [-0.1, -0.05) is 25.7 Å². The summed E-state index contributed by atoms with van der Waals surface area (Å²) in [4.78, 5) is 7.56. The summed E-state index contributed by atoms with van der Waals surface area (Å²) in [5.41, 5.74) is -0.920. The van der Waals surface area contributed by atoms with Crippen LogP contribution in [0.4, 0.5) is 24.9 Å². The van der Waals surface area contributed by atoms with Crippen molar-refractivity contribution in [1.82, 2.24) is 9.97 Å². The van der Waals surface area contributed by atoms with Crippen LogP contribution in [0.25, 0.3) is 0 Å². The van der Waals surface area contributed by atoms with E-state index >= 15 is 0 Å². The fraction of sp³-hybridized carbons (Fsp3) is 0.714. The van der Waals surface area contributed by atoms with E-state index in [1.54, 1.807) is 6.92 Å². The highest BCUT2D eigenvalue weighted by molar-refractivity contribution is 5.43. The minimum absolute atomic E-state index is 0.00990. The summed E-state index contributed by atoms with van der Waals surface area (Å²) in [5, 5.41) is 5.72. The monoisotopic (exact) mass is 302 g/mol. The smallest absolute Gasteiger partial charge is 0.370 e. The number of rotatable bonds is 6. The van der Waals surface area contributed by atoms with Crippen molar-refractivity contribution >= 4 is 11.8 Å². The minimum atomic E-state index is -4.46. The van der Waals surface area contributed by atoms with Crippen molar-refractivity contribution in [2.24, 2.45) is 5.92 Å². The van der Waals surface area contributed by atoms with Gasteiger partial charge >= 0.3 is 6.18 Å². The summed E-state index contributed by atoms with van der Waals surface area (Å²) in [5.74, 6) is 0.927.